The van der Waals surface area contributed by atoms with Gasteiger partial charge in [0.2, 0.25) is 0 Å². The van der Waals surface area contributed by atoms with Crippen LogP contribution in [0.15, 0.2) is 65.7 Å². The summed E-state index contributed by atoms with van der Waals surface area (Å²) in [6.07, 6.45) is 5.16. The van der Waals surface area contributed by atoms with Crippen molar-refractivity contribution in [1.82, 2.24) is 0 Å². The Bertz CT molecular complexity index is 567. The van der Waals surface area contributed by atoms with Crippen molar-refractivity contribution >= 4 is 0 Å². The van der Waals surface area contributed by atoms with Gasteiger partial charge in [-0.2, -0.15) is 0 Å². The smallest absolute Gasteiger partial charge is 0.00672 e. The van der Waals surface area contributed by atoms with Gasteiger partial charge in [0.1, 0.15) is 0 Å². The lowest BCUT2D eigenvalue weighted by molar-refractivity contribution is 0.646. The lowest BCUT2D eigenvalue weighted by Crippen LogP contribution is -2.02. The van der Waals surface area contributed by atoms with Crippen LogP contribution in [0.25, 0.3) is 11.1 Å². The van der Waals surface area contributed by atoms with Gasteiger partial charge in [0.15, 0.2) is 0 Å². The summed E-state index contributed by atoms with van der Waals surface area (Å²) in [5.41, 5.74) is 7.30. The Labute approximate surface area is 115 Å². The molecule has 0 unspecified atom stereocenters. The maximum atomic E-state index is 2.29. The molecule has 0 radical (unpaired) electrons. The number of allylic oxidation sites excluding steroid dienone is 2. The van der Waals surface area contributed by atoms with Crippen LogP contribution in [-0.2, 0) is 6.42 Å². The molecule has 0 amide bonds. The zero-order chi connectivity index (χ0) is 13.1. The number of hydrogen-bond donors (Lipinski definition) is 0. The van der Waals surface area contributed by atoms with Crippen molar-refractivity contribution in [3.05, 3.63) is 71.3 Å². The molecule has 2 aromatic rings. The Hall–Kier alpha value is -1.82. The quantitative estimate of drug-likeness (QED) is 0.638. The Morgan fingerprint density at radius 1 is 0.842 bits per heavy atom. The molecule has 0 spiro atoms. The highest BCUT2D eigenvalue weighted by Crippen LogP contribution is 2.30. The van der Waals surface area contributed by atoms with Crippen LogP contribution in [0.2, 0.25) is 0 Å². The average Bonchev–Trinajstić information content (AvgIpc) is 2.38. The molecule has 0 aliphatic heterocycles. The van der Waals surface area contributed by atoms with Crippen LogP contribution >= 0.6 is 0 Å². The van der Waals surface area contributed by atoms with Gasteiger partial charge in [0.25, 0.3) is 0 Å². The van der Waals surface area contributed by atoms with E-state index in [1.54, 1.807) is 11.1 Å². The molecule has 0 heteroatoms. The molecule has 0 atom stereocenters. The molecule has 0 bridgehead atoms. The van der Waals surface area contributed by atoms with Crippen LogP contribution in [0.1, 0.15) is 31.7 Å². The normalized spacial score (nSPS) is 14.1. The molecule has 0 saturated heterocycles. The second kappa shape index (κ2) is 5.44. The largest absolute Gasteiger partial charge is 0.0709 e. The lowest BCUT2D eigenvalue weighted by Gasteiger charge is -2.20. The molecule has 96 valence electrons. The summed E-state index contributed by atoms with van der Waals surface area (Å²) < 4.78 is 0. The first-order valence-electron chi connectivity index (χ1n) is 7.15. The van der Waals surface area contributed by atoms with Crippen LogP contribution in [-0.4, -0.2) is 0 Å². The Balaban J connectivity index is 1.76. The summed E-state index contributed by atoms with van der Waals surface area (Å²) >= 11 is 0. The third-order valence-corrected chi connectivity index (χ3v) is 4.09. The van der Waals surface area contributed by atoms with Crippen molar-refractivity contribution in [3.63, 3.8) is 0 Å². The molecule has 0 nitrogen and oxygen atoms in total. The van der Waals surface area contributed by atoms with Crippen molar-refractivity contribution < 1.29 is 0 Å². The minimum atomic E-state index is 1.12. The standard InChI is InChI=1S/C19H20/c1-15(17-8-5-9-17)14-16-10-12-19(13-11-16)18-6-3-2-4-7-18/h2-4,6-7,10-13H,5,8-9,14H2,1H3. The molecular weight excluding hydrogens is 228 g/mol. The molecule has 0 heterocycles. The van der Waals surface area contributed by atoms with Crippen molar-refractivity contribution in [1.29, 1.82) is 0 Å². The summed E-state index contributed by atoms with van der Waals surface area (Å²) in [6.45, 7) is 2.29. The average molecular weight is 248 g/mol. The summed E-state index contributed by atoms with van der Waals surface area (Å²) in [7, 11) is 0. The van der Waals surface area contributed by atoms with Crippen LogP contribution < -0.4 is 0 Å². The first-order chi connectivity index (χ1) is 9.33. The van der Waals surface area contributed by atoms with Gasteiger partial charge in [0.05, 0.1) is 0 Å². The fraction of sp³-hybridized carbons (Fsp3) is 0.263. The van der Waals surface area contributed by atoms with Gasteiger partial charge in [-0.3, -0.25) is 0 Å². The third-order valence-electron chi connectivity index (χ3n) is 4.09. The molecule has 1 fully saturated rings. The van der Waals surface area contributed by atoms with Gasteiger partial charge in [0, 0.05) is 0 Å². The molecule has 0 N–H and O–H groups in total. The number of rotatable bonds is 3. The molecule has 0 aromatic heterocycles. The zero-order valence-corrected chi connectivity index (χ0v) is 11.5. The molecule has 1 aliphatic rings. The maximum Gasteiger partial charge on any atom is -0.00672 e. The Morgan fingerprint density at radius 3 is 2.05 bits per heavy atom. The van der Waals surface area contributed by atoms with E-state index in [1.807, 2.05) is 0 Å². The highest BCUT2D eigenvalue weighted by Gasteiger charge is 2.11. The van der Waals surface area contributed by atoms with Gasteiger partial charge in [-0.1, -0.05) is 65.7 Å². The topological polar surface area (TPSA) is 0 Å². The first-order valence-corrected chi connectivity index (χ1v) is 7.15. The predicted molar refractivity (Wildman–Crippen MR) is 82.1 cm³/mol. The van der Waals surface area contributed by atoms with Crippen LogP contribution in [0.3, 0.4) is 0 Å². The van der Waals surface area contributed by atoms with Gasteiger partial charge in [-0.05, 0) is 49.3 Å². The van der Waals surface area contributed by atoms with E-state index in [0.29, 0.717) is 0 Å². The third kappa shape index (κ3) is 2.78. The van der Waals surface area contributed by atoms with Crippen molar-refractivity contribution in [3.8, 4) is 11.1 Å². The molecular formula is C19H20. The number of benzene rings is 2. The van der Waals surface area contributed by atoms with Crippen molar-refractivity contribution in [2.75, 3.05) is 0 Å². The summed E-state index contributed by atoms with van der Waals surface area (Å²) in [4.78, 5) is 0. The second-order valence-corrected chi connectivity index (χ2v) is 5.48. The zero-order valence-electron chi connectivity index (χ0n) is 11.5. The van der Waals surface area contributed by atoms with Crippen LogP contribution in [0.5, 0.6) is 0 Å². The SMILES string of the molecule is CC(Cc1ccc(-c2ccccc2)cc1)=C1CCC1. The maximum absolute atomic E-state index is 2.29. The van der Waals surface area contributed by atoms with Crippen LogP contribution in [0, 0.1) is 0 Å². The van der Waals surface area contributed by atoms with E-state index in [2.05, 4.69) is 61.5 Å². The van der Waals surface area contributed by atoms with Gasteiger partial charge in [-0.15, -0.1) is 0 Å². The van der Waals surface area contributed by atoms with E-state index in [0.717, 1.165) is 6.42 Å². The molecule has 1 saturated carbocycles. The molecule has 19 heavy (non-hydrogen) atoms. The van der Waals surface area contributed by atoms with Gasteiger partial charge >= 0.3 is 0 Å². The van der Waals surface area contributed by atoms with Crippen molar-refractivity contribution in [2.24, 2.45) is 0 Å². The summed E-state index contributed by atoms with van der Waals surface area (Å²) in [5, 5.41) is 0. The fourth-order valence-electron chi connectivity index (χ4n) is 2.66. The van der Waals surface area contributed by atoms with Gasteiger partial charge < -0.3 is 0 Å². The fourth-order valence-corrected chi connectivity index (χ4v) is 2.66. The van der Waals surface area contributed by atoms with E-state index in [9.17, 15) is 0 Å². The van der Waals surface area contributed by atoms with Crippen LogP contribution in [0.4, 0.5) is 0 Å². The summed E-state index contributed by atoms with van der Waals surface area (Å²) in [5.74, 6) is 0. The highest BCUT2D eigenvalue weighted by molar-refractivity contribution is 5.63. The monoisotopic (exact) mass is 248 g/mol. The van der Waals surface area contributed by atoms with E-state index in [4.69, 9.17) is 0 Å². The Morgan fingerprint density at radius 2 is 1.47 bits per heavy atom. The lowest BCUT2D eigenvalue weighted by atomic mass is 9.86. The highest BCUT2D eigenvalue weighted by atomic mass is 14.2. The molecule has 3 rings (SSSR count). The van der Waals surface area contributed by atoms with E-state index < -0.39 is 0 Å². The van der Waals surface area contributed by atoms with E-state index in [1.165, 1.54) is 36.0 Å². The van der Waals surface area contributed by atoms with E-state index >= 15 is 0 Å². The first kappa shape index (κ1) is 12.2. The molecule has 2 aromatic carbocycles. The second-order valence-electron chi connectivity index (χ2n) is 5.48. The number of hydrogen-bond acceptors (Lipinski definition) is 0. The minimum absolute atomic E-state index is 1.12. The van der Waals surface area contributed by atoms with E-state index in [-0.39, 0.29) is 0 Å². The predicted octanol–water partition coefficient (Wildman–Crippen LogP) is 5.40. The Kier molecular flexibility index (Phi) is 3.50. The van der Waals surface area contributed by atoms with Crippen molar-refractivity contribution in [2.45, 2.75) is 32.6 Å². The van der Waals surface area contributed by atoms with Gasteiger partial charge in [-0.25, -0.2) is 0 Å². The molecule has 1 aliphatic carbocycles. The minimum Gasteiger partial charge on any atom is -0.0709 e. The summed E-state index contributed by atoms with van der Waals surface area (Å²) in [6, 6.07) is 19.6.